The van der Waals surface area contributed by atoms with Gasteiger partial charge >= 0.3 is 6.18 Å². The highest BCUT2D eigenvalue weighted by Crippen LogP contribution is 2.36. The number of aromatic nitrogens is 4. The first-order valence-electron chi connectivity index (χ1n) is 10.1. The van der Waals surface area contributed by atoms with Crippen LogP contribution in [0, 0.1) is 5.92 Å². The minimum absolute atomic E-state index is 0.235. The lowest BCUT2D eigenvalue weighted by Gasteiger charge is -2.30. The lowest BCUT2D eigenvalue weighted by atomic mass is 9.84. The minimum atomic E-state index is -4.62. The Morgan fingerprint density at radius 2 is 2.00 bits per heavy atom. The molecule has 0 saturated heterocycles. The Kier molecular flexibility index (Phi) is 6.18. The van der Waals surface area contributed by atoms with Crippen molar-refractivity contribution in [2.24, 2.45) is 5.92 Å². The summed E-state index contributed by atoms with van der Waals surface area (Å²) in [6.45, 7) is 2.25. The molecule has 1 fully saturated rings. The van der Waals surface area contributed by atoms with E-state index in [1.165, 1.54) is 18.9 Å². The van der Waals surface area contributed by atoms with Crippen LogP contribution in [0.15, 0.2) is 36.7 Å². The summed E-state index contributed by atoms with van der Waals surface area (Å²) < 4.78 is 41.1. The van der Waals surface area contributed by atoms with Crippen molar-refractivity contribution < 1.29 is 18.0 Å². The molecule has 4 rings (SSSR count). The van der Waals surface area contributed by atoms with Gasteiger partial charge in [0.2, 0.25) is 0 Å². The highest BCUT2D eigenvalue weighted by molar-refractivity contribution is 14.1. The van der Waals surface area contributed by atoms with Crippen LogP contribution in [0.2, 0.25) is 0 Å². The third-order valence-electron chi connectivity index (χ3n) is 5.69. The van der Waals surface area contributed by atoms with E-state index < -0.39 is 17.8 Å². The van der Waals surface area contributed by atoms with Gasteiger partial charge in [0.15, 0.2) is 0 Å². The Balaban J connectivity index is 1.48. The molecule has 164 valence electrons. The van der Waals surface area contributed by atoms with Gasteiger partial charge in [0.25, 0.3) is 5.91 Å². The number of nitrogens with one attached hydrogen (secondary N) is 1. The third kappa shape index (κ3) is 4.99. The summed E-state index contributed by atoms with van der Waals surface area (Å²) in [5.41, 5.74) is -0.732. The molecule has 0 bridgehead atoms. The molecule has 1 amide bonds. The first-order chi connectivity index (χ1) is 14.7. The molecule has 1 N–H and O–H groups in total. The molecule has 6 nitrogen and oxygen atoms in total. The van der Waals surface area contributed by atoms with Crippen LogP contribution in [0.25, 0.3) is 10.9 Å². The van der Waals surface area contributed by atoms with Gasteiger partial charge in [0, 0.05) is 15.5 Å². The van der Waals surface area contributed by atoms with Crippen molar-refractivity contribution in [1.82, 2.24) is 19.7 Å². The maximum absolute atomic E-state index is 12.8. The number of halogens is 4. The maximum Gasteiger partial charge on any atom is 0.433 e. The zero-order valence-electron chi connectivity index (χ0n) is 16.7. The molecule has 0 spiro atoms. The zero-order valence-corrected chi connectivity index (χ0v) is 18.9. The van der Waals surface area contributed by atoms with Gasteiger partial charge in [0.05, 0.1) is 12.2 Å². The molecule has 0 aromatic carbocycles. The topological polar surface area (TPSA) is 72.7 Å². The van der Waals surface area contributed by atoms with E-state index in [0.717, 1.165) is 36.3 Å². The van der Waals surface area contributed by atoms with E-state index in [0.29, 0.717) is 15.5 Å². The number of pyridine rings is 2. The summed E-state index contributed by atoms with van der Waals surface area (Å²) in [7, 11) is 0. The average Bonchev–Trinajstić information content (AvgIpc) is 3.16. The van der Waals surface area contributed by atoms with Crippen LogP contribution in [0.3, 0.4) is 0 Å². The smallest absolute Gasteiger partial charge is 0.305 e. The summed E-state index contributed by atoms with van der Waals surface area (Å²) in [5.74, 6) is 0.227. The van der Waals surface area contributed by atoms with Crippen LogP contribution >= 0.6 is 22.6 Å². The quantitative estimate of drug-likeness (QED) is 0.341. The Bertz CT molecular complexity index is 1090. The molecule has 3 heterocycles. The molecule has 1 saturated carbocycles. The minimum Gasteiger partial charge on any atom is -0.305 e. The van der Waals surface area contributed by atoms with Crippen LogP contribution in [0.4, 0.5) is 19.0 Å². The standard InChI is InChI=1S/C21H21F3IN5O/c1-12(25)13-5-7-15(8-6-13)30-11-14-9-19(26-10-17(14)29-30)28-20(31)16-3-2-4-18(27-16)21(22,23)24/h2-4,9-13,15H,5-8H2,1H3,(H,28,31)/t12-,13-,15-/m0/s1. The molecule has 3 aromatic heterocycles. The maximum atomic E-state index is 12.8. The molecule has 1 aliphatic carbocycles. The van der Waals surface area contributed by atoms with Crippen LogP contribution in [-0.2, 0) is 6.18 Å². The number of anilines is 1. The van der Waals surface area contributed by atoms with Gasteiger partial charge in [-0.15, -0.1) is 0 Å². The largest absolute Gasteiger partial charge is 0.433 e. The predicted molar refractivity (Wildman–Crippen MR) is 119 cm³/mol. The molecule has 0 radical (unpaired) electrons. The lowest BCUT2D eigenvalue weighted by molar-refractivity contribution is -0.141. The molecule has 1 aliphatic rings. The third-order valence-corrected chi connectivity index (χ3v) is 6.70. The molecular formula is C21H21F3IN5O. The summed E-state index contributed by atoms with van der Waals surface area (Å²) in [6, 6.07) is 5.21. The molecular weight excluding hydrogens is 522 g/mol. The summed E-state index contributed by atoms with van der Waals surface area (Å²) in [4.78, 5) is 19.9. The number of carbonyl (C=O) groups is 1. The second-order valence-electron chi connectivity index (χ2n) is 7.84. The van der Waals surface area contributed by atoms with Gasteiger partial charge in [0.1, 0.15) is 22.7 Å². The average molecular weight is 543 g/mol. The molecule has 0 unspecified atom stereocenters. The van der Waals surface area contributed by atoms with Crippen molar-refractivity contribution in [1.29, 1.82) is 0 Å². The van der Waals surface area contributed by atoms with E-state index in [2.05, 4.69) is 49.9 Å². The number of hydrogen-bond donors (Lipinski definition) is 1. The number of alkyl halides is 4. The van der Waals surface area contributed by atoms with Crippen molar-refractivity contribution in [2.45, 2.75) is 48.7 Å². The lowest BCUT2D eigenvalue weighted by Crippen LogP contribution is -2.22. The molecule has 1 atom stereocenters. The van der Waals surface area contributed by atoms with Gasteiger partial charge in [-0.25, -0.2) is 9.97 Å². The van der Waals surface area contributed by atoms with E-state index in [1.807, 2.05) is 10.9 Å². The molecule has 3 aromatic rings. The fraction of sp³-hybridized carbons (Fsp3) is 0.429. The van der Waals surface area contributed by atoms with Crippen LogP contribution in [0.1, 0.15) is 54.8 Å². The summed E-state index contributed by atoms with van der Waals surface area (Å²) >= 11 is 2.49. The van der Waals surface area contributed by atoms with Crippen LogP contribution in [0.5, 0.6) is 0 Å². The number of fused-ring (bicyclic) bond motifs is 1. The number of hydrogen-bond acceptors (Lipinski definition) is 4. The van der Waals surface area contributed by atoms with E-state index in [-0.39, 0.29) is 11.5 Å². The van der Waals surface area contributed by atoms with Crippen LogP contribution < -0.4 is 5.32 Å². The molecule has 10 heteroatoms. The molecule has 31 heavy (non-hydrogen) atoms. The number of amides is 1. The van der Waals surface area contributed by atoms with Gasteiger partial charge < -0.3 is 5.32 Å². The number of carbonyl (C=O) groups excluding carboxylic acids is 1. The zero-order chi connectivity index (χ0) is 22.2. The Morgan fingerprint density at radius 3 is 2.68 bits per heavy atom. The first-order valence-corrected chi connectivity index (χ1v) is 11.3. The second kappa shape index (κ2) is 8.71. The van der Waals surface area contributed by atoms with Gasteiger partial charge in [-0.2, -0.15) is 18.3 Å². The summed E-state index contributed by atoms with van der Waals surface area (Å²) in [5, 5.41) is 7.96. The van der Waals surface area contributed by atoms with E-state index >= 15 is 0 Å². The first kappa shape index (κ1) is 22.0. The van der Waals surface area contributed by atoms with Crippen molar-refractivity contribution in [3.8, 4) is 0 Å². The highest BCUT2D eigenvalue weighted by atomic mass is 127. The molecule has 0 aliphatic heterocycles. The van der Waals surface area contributed by atoms with E-state index in [4.69, 9.17) is 0 Å². The van der Waals surface area contributed by atoms with Crippen molar-refractivity contribution in [3.05, 3.63) is 48.0 Å². The van der Waals surface area contributed by atoms with E-state index in [9.17, 15) is 18.0 Å². The fourth-order valence-electron chi connectivity index (χ4n) is 3.93. The highest BCUT2D eigenvalue weighted by Gasteiger charge is 2.33. The van der Waals surface area contributed by atoms with Gasteiger partial charge in [-0.05, 0) is 49.8 Å². The Morgan fingerprint density at radius 1 is 1.26 bits per heavy atom. The SMILES string of the molecule is C[C@H](I)[C@H]1CC[C@H](n2cc3cc(NC(=O)c4cccc(C(F)(F)F)n4)ncc3n2)CC1. The van der Waals surface area contributed by atoms with Gasteiger partial charge in [-0.1, -0.05) is 35.6 Å². The van der Waals surface area contributed by atoms with Crippen LogP contribution in [-0.4, -0.2) is 29.6 Å². The van der Waals surface area contributed by atoms with Crippen molar-refractivity contribution in [3.63, 3.8) is 0 Å². The Labute approximate surface area is 190 Å². The predicted octanol–water partition coefficient (Wildman–Crippen LogP) is 5.65. The fourth-order valence-corrected chi connectivity index (χ4v) is 4.65. The van der Waals surface area contributed by atoms with E-state index in [1.54, 1.807) is 12.3 Å². The normalized spacial score (nSPS) is 20.5. The monoisotopic (exact) mass is 543 g/mol. The van der Waals surface area contributed by atoms with Gasteiger partial charge in [-0.3, -0.25) is 9.48 Å². The number of rotatable bonds is 4. The van der Waals surface area contributed by atoms with Crippen molar-refractivity contribution in [2.75, 3.05) is 5.32 Å². The second-order valence-corrected chi connectivity index (χ2v) is 9.81. The summed E-state index contributed by atoms with van der Waals surface area (Å²) in [6.07, 6.45) is 3.38. The van der Waals surface area contributed by atoms with Crippen molar-refractivity contribution >= 4 is 45.2 Å². The Hall–Kier alpha value is -2.24. The number of nitrogens with zero attached hydrogens (tertiary/aromatic N) is 4.